The van der Waals surface area contributed by atoms with Gasteiger partial charge in [0, 0.05) is 12.5 Å². The minimum absolute atomic E-state index is 0.00931. The summed E-state index contributed by atoms with van der Waals surface area (Å²) in [5.41, 5.74) is 3.03. The van der Waals surface area contributed by atoms with Crippen LogP contribution in [0.2, 0.25) is 0 Å². The average molecular weight is 354 g/mol. The molecule has 0 aromatic heterocycles. The minimum atomic E-state index is 0.00931. The monoisotopic (exact) mass is 353 g/mol. The first-order valence-corrected chi connectivity index (χ1v) is 10.2. The zero-order valence-corrected chi connectivity index (χ0v) is 15.9. The number of esters is 1. The van der Waals surface area contributed by atoms with E-state index in [1.807, 2.05) is 6.07 Å². The van der Waals surface area contributed by atoms with Crippen LogP contribution in [0.3, 0.4) is 0 Å². The van der Waals surface area contributed by atoms with Crippen LogP contribution in [0.25, 0.3) is 0 Å². The van der Waals surface area contributed by atoms with Crippen LogP contribution >= 0.6 is 0 Å². The van der Waals surface area contributed by atoms with Gasteiger partial charge in [0.25, 0.3) is 0 Å². The molecule has 26 heavy (non-hydrogen) atoms. The lowest BCUT2D eigenvalue weighted by molar-refractivity contribution is -0.146. The Balaban J connectivity index is 1.36. The lowest BCUT2D eigenvalue weighted by atomic mass is 9.55. The van der Waals surface area contributed by atoms with Crippen molar-refractivity contribution in [1.82, 2.24) is 5.32 Å². The second-order valence-corrected chi connectivity index (χ2v) is 8.84. The summed E-state index contributed by atoms with van der Waals surface area (Å²) in [6.07, 6.45) is 6.86. The van der Waals surface area contributed by atoms with E-state index in [1.54, 1.807) is 0 Å². The molecule has 1 aliphatic heterocycles. The summed E-state index contributed by atoms with van der Waals surface area (Å²) in [4.78, 5) is 12.5. The second kappa shape index (κ2) is 7.19. The van der Waals surface area contributed by atoms with E-state index in [9.17, 15) is 4.79 Å². The second-order valence-electron chi connectivity index (χ2n) is 8.84. The highest BCUT2D eigenvalue weighted by atomic mass is 16.6. The predicted molar refractivity (Wildman–Crippen MR) is 104 cm³/mol. The molecule has 4 rings (SSSR count). The van der Waals surface area contributed by atoms with E-state index in [-0.39, 0.29) is 23.4 Å². The zero-order valence-electron chi connectivity index (χ0n) is 15.9. The molecule has 1 aromatic carbocycles. The first-order valence-electron chi connectivity index (χ1n) is 10.2. The van der Waals surface area contributed by atoms with E-state index in [0.29, 0.717) is 11.8 Å². The first-order chi connectivity index (χ1) is 12.6. The number of nitrogens with one attached hydrogen (secondary N) is 1. The fourth-order valence-corrected chi connectivity index (χ4v) is 5.62. The molecule has 2 aliphatic carbocycles. The Morgan fingerprint density at radius 2 is 2.12 bits per heavy atom. The maximum Gasteiger partial charge on any atom is 0.310 e. The highest BCUT2D eigenvalue weighted by Gasteiger charge is 2.54. The molecule has 0 bridgehead atoms. The molecular formula is C23H31NO2. The van der Waals surface area contributed by atoms with Crippen molar-refractivity contribution in [3.63, 3.8) is 0 Å². The Hall–Kier alpha value is -1.61. The third kappa shape index (κ3) is 3.34. The first kappa shape index (κ1) is 17.8. The molecule has 0 amide bonds. The lowest BCUT2D eigenvalue weighted by Crippen LogP contribution is -2.45. The molecule has 3 fully saturated rings. The smallest absolute Gasteiger partial charge is 0.310 e. The minimum Gasteiger partial charge on any atom is -0.462 e. The van der Waals surface area contributed by atoms with Gasteiger partial charge in [0.05, 0.1) is 5.92 Å². The van der Waals surface area contributed by atoms with E-state index >= 15 is 0 Å². The van der Waals surface area contributed by atoms with Gasteiger partial charge in [0.15, 0.2) is 0 Å². The summed E-state index contributed by atoms with van der Waals surface area (Å²) in [6, 6.07) is 10.5. The Kier molecular flexibility index (Phi) is 4.92. The van der Waals surface area contributed by atoms with Gasteiger partial charge in [-0.15, -0.1) is 0 Å². The highest BCUT2D eigenvalue weighted by Crippen LogP contribution is 2.56. The molecule has 2 saturated carbocycles. The van der Waals surface area contributed by atoms with Crippen molar-refractivity contribution >= 4 is 5.97 Å². The highest BCUT2D eigenvalue weighted by molar-refractivity contribution is 5.75. The quantitative estimate of drug-likeness (QED) is 0.491. The van der Waals surface area contributed by atoms with Crippen molar-refractivity contribution in [2.75, 3.05) is 13.1 Å². The van der Waals surface area contributed by atoms with Gasteiger partial charge in [-0.1, -0.05) is 49.4 Å². The molecule has 140 valence electrons. The van der Waals surface area contributed by atoms with Gasteiger partial charge < -0.3 is 10.1 Å². The fourth-order valence-electron chi connectivity index (χ4n) is 5.62. The van der Waals surface area contributed by atoms with Crippen molar-refractivity contribution in [2.45, 2.75) is 51.6 Å². The lowest BCUT2D eigenvalue weighted by Gasteiger charge is -2.50. The number of carbonyl (C=O) groups is 1. The van der Waals surface area contributed by atoms with Crippen molar-refractivity contribution in [3.8, 4) is 0 Å². The van der Waals surface area contributed by atoms with Crippen LogP contribution < -0.4 is 5.32 Å². The van der Waals surface area contributed by atoms with Crippen LogP contribution in [-0.4, -0.2) is 25.2 Å². The summed E-state index contributed by atoms with van der Waals surface area (Å²) in [5, 5.41) is 3.51. The van der Waals surface area contributed by atoms with Gasteiger partial charge in [-0.25, -0.2) is 0 Å². The average Bonchev–Trinajstić information content (AvgIpc) is 2.92. The summed E-state index contributed by atoms with van der Waals surface area (Å²) >= 11 is 0. The number of hydrogen-bond acceptors (Lipinski definition) is 3. The van der Waals surface area contributed by atoms with Crippen molar-refractivity contribution in [2.24, 2.45) is 23.2 Å². The van der Waals surface area contributed by atoms with Gasteiger partial charge in [-0.05, 0) is 62.0 Å². The topological polar surface area (TPSA) is 38.3 Å². The molecule has 3 aliphatic rings. The third-order valence-corrected chi connectivity index (χ3v) is 7.12. The molecule has 3 heteroatoms. The Labute approximate surface area is 157 Å². The number of hydrogen-bond donors (Lipinski definition) is 1. The van der Waals surface area contributed by atoms with Crippen molar-refractivity contribution in [1.29, 1.82) is 0 Å². The number of fused-ring (bicyclic) bond motifs is 2. The van der Waals surface area contributed by atoms with E-state index in [1.165, 1.54) is 24.0 Å². The number of allylic oxidation sites excluding steroid dienone is 1. The molecular weight excluding hydrogens is 322 g/mol. The van der Waals surface area contributed by atoms with Gasteiger partial charge >= 0.3 is 5.97 Å². The largest absolute Gasteiger partial charge is 0.462 e. The van der Waals surface area contributed by atoms with Crippen molar-refractivity contribution < 1.29 is 9.53 Å². The van der Waals surface area contributed by atoms with Crippen LogP contribution in [0.1, 0.15) is 44.6 Å². The number of rotatable bonds is 5. The zero-order chi connectivity index (χ0) is 18.1. The summed E-state index contributed by atoms with van der Waals surface area (Å²) < 4.78 is 5.83. The van der Waals surface area contributed by atoms with Crippen LogP contribution in [0, 0.1) is 23.2 Å². The maximum absolute atomic E-state index is 12.5. The van der Waals surface area contributed by atoms with E-state index in [2.05, 4.69) is 43.1 Å². The molecule has 0 spiro atoms. The Bertz CT molecular complexity index is 670. The maximum atomic E-state index is 12.5. The molecule has 3 nitrogen and oxygen atoms in total. The molecule has 5 atom stereocenters. The van der Waals surface area contributed by atoms with Crippen LogP contribution in [-0.2, 0) is 16.0 Å². The van der Waals surface area contributed by atoms with Gasteiger partial charge in [0.2, 0.25) is 0 Å². The predicted octanol–water partition coefficient (Wildman–Crippen LogP) is 4.13. The van der Waals surface area contributed by atoms with E-state index in [4.69, 9.17) is 4.74 Å². The SMILES string of the molecule is C=C1CCCC2(C)CC3OC(=O)C(CNCCc4ccccc4)C3CC12. The number of benzene rings is 1. The van der Waals surface area contributed by atoms with Crippen LogP contribution in [0.4, 0.5) is 0 Å². The summed E-state index contributed by atoms with van der Waals surface area (Å²) in [7, 11) is 0. The molecule has 1 saturated heterocycles. The van der Waals surface area contributed by atoms with Gasteiger partial charge in [-0.2, -0.15) is 0 Å². The molecule has 0 radical (unpaired) electrons. The number of ether oxygens (including phenoxy) is 1. The molecule has 1 N–H and O–H groups in total. The summed E-state index contributed by atoms with van der Waals surface area (Å²) in [5.74, 6) is 0.952. The van der Waals surface area contributed by atoms with E-state index in [0.717, 1.165) is 38.8 Å². The molecule has 5 unspecified atom stereocenters. The number of carbonyl (C=O) groups excluding carboxylic acids is 1. The Morgan fingerprint density at radius 3 is 2.92 bits per heavy atom. The molecule has 1 heterocycles. The molecule has 1 aromatic rings. The third-order valence-electron chi connectivity index (χ3n) is 7.12. The van der Waals surface area contributed by atoms with E-state index < -0.39 is 0 Å². The van der Waals surface area contributed by atoms with Gasteiger partial charge in [-0.3, -0.25) is 4.79 Å². The summed E-state index contributed by atoms with van der Waals surface area (Å²) in [6.45, 7) is 8.40. The van der Waals surface area contributed by atoms with Gasteiger partial charge in [0.1, 0.15) is 6.10 Å². The Morgan fingerprint density at radius 1 is 1.31 bits per heavy atom. The standard InChI is InChI=1S/C23H31NO2/c1-16-7-6-11-23(2)14-21-18(13-20(16)23)19(22(25)26-21)15-24-12-10-17-8-4-3-5-9-17/h3-5,8-9,18-21,24H,1,6-7,10-15H2,2H3. The fraction of sp³-hybridized carbons (Fsp3) is 0.609. The normalized spacial score (nSPS) is 36.3. The van der Waals surface area contributed by atoms with Crippen LogP contribution in [0.15, 0.2) is 42.5 Å². The van der Waals surface area contributed by atoms with Crippen molar-refractivity contribution in [3.05, 3.63) is 48.0 Å². The van der Waals surface area contributed by atoms with Crippen LogP contribution in [0.5, 0.6) is 0 Å².